The third-order valence-corrected chi connectivity index (χ3v) is 7.57. The molecule has 6 nitrogen and oxygen atoms in total. The van der Waals surface area contributed by atoms with E-state index in [1.807, 2.05) is 44.2 Å². The second-order valence-corrected chi connectivity index (χ2v) is 12.2. The molecule has 2 aliphatic heterocycles. The van der Waals surface area contributed by atoms with Gasteiger partial charge in [-0.05, 0) is 78.8 Å². The highest BCUT2D eigenvalue weighted by atomic mass is 16.5. The Morgan fingerprint density at radius 2 is 1.51 bits per heavy atom. The maximum atomic E-state index is 13.6. The number of fused-ring (bicyclic) bond motifs is 2. The van der Waals surface area contributed by atoms with Crippen molar-refractivity contribution in [1.82, 2.24) is 4.90 Å². The summed E-state index contributed by atoms with van der Waals surface area (Å²) in [6, 6.07) is 19.9. The lowest BCUT2D eigenvalue weighted by molar-refractivity contribution is -0.137. The van der Waals surface area contributed by atoms with Crippen LogP contribution in [-0.2, 0) is 30.6 Å². The normalized spacial score (nSPS) is 18.7. The van der Waals surface area contributed by atoms with Crippen LogP contribution in [0.15, 0.2) is 60.7 Å². The van der Waals surface area contributed by atoms with Gasteiger partial charge in [-0.3, -0.25) is 9.59 Å². The van der Waals surface area contributed by atoms with Gasteiger partial charge in [0, 0.05) is 31.4 Å². The third-order valence-electron chi connectivity index (χ3n) is 7.57. The lowest BCUT2D eigenvalue weighted by Gasteiger charge is -2.24. The van der Waals surface area contributed by atoms with Gasteiger partial charge in [-0.1, -0.05) is 50.2 Å². The fourth-order valence-electron chi connectivity index (χ4n) is 5.73. The van der Waals surface area contributed by atoms with Gasteiger partial charge < -0.3 is 19.5 Å². The van der Waals surface area contributed by atoms with E-state index in [9.17, 15) is 14.7 Å². The van der Waals surface area contributed by atoms with Crippen molar-refractivity contribution in [1.29, 1.82) is 0 Å². The van der Waals surface area contributed by atoms with E-state index in [4.69, 9.17) is 9.47 Å². The molecule has 3 aromatic carbocycles. The van der Waals surface area contributed by atoms with Gasteiger partial charge >= 0.3 is 5.97 Å². The number of carbonyl (C=O) groups is 2. The standard InChI is InChI=1S/C33H37NO5/c1-21(2)24-9-6-22(7-10-24)16-33(5)18-27-15-25(11-13-29(27)39-33)31(37)34(20-30(35)36)19-23-8-12-28-26(14-23)17-32(3,4)38-28/h6-15,21H,16-20H2,1-5H3,(H,35,36)/t33-/m1/s1. The second-order valence-electron chi connectivity index (χ2n) is 12.2. The fraction of sp³-hybridized carbons (Fsp3) is 0.394. The van der Waals surface area contributed by atoms with Gasteiger partial charge in [0.25, 0.3) is 5.91 Å². The average molecular weight is 528 g/mol. The monoisotopic (exact) mass is 527 g/mol. The molecular weight excluding hydrogens is 490 g/mol. The number of carbonyl (C=O) groups excluding carboxylic acids is 1. The van der Waals surface area contributed by atoms with E-state index < -0.39 is 11.6 Å². The van der Waals surface area contributed by atoms with E-state index in [-0.39, 0.29) is 24.6 Å². The zero-order valence-corrected chi connectivity index (χ0v) is 23.4. The van der Waals surface area contributed by atoms with Crippen LogP contribution in [0.2, 0.25) is 0 Å². The Morgan fingerprint density at radius 3 is 2.21 bits per heavy atom. The highest BCUT2D eigenvalue weighted by molar-refractivity contribution is 5.96. The van der Waals surface area contributed by atoms with Crippen LogP contribution in [0.4, 0.5) is 0 Å². The molecule has 3 aromatic rings. The number of aliphatic carboxylic acids is 1. The van der Waals surface area contributed by atoms with Crippen molar-refractivity contribution in [3.05, 3.63) is 94.0 Å². The summed E-state index contributed by atoms with van der Waals surface area (Å²) in [5.41, 5.74) is 5.23. The number of nitrogens with zero attached hydrogens (tertiary/aromatic N) is 1. The van der Waals surface area contributed by atoms with Gasteiger partial charge in [-0.2, -0.15) is 0 Å². The Hall–Kier alpha value is -3.80. The van der Waals surface area contributed by atoms with Crippen molar-refractivity contribution in [3.63, 3.8) is 0 Å². The molecule has 2 aliphatic rings. The Balaban J connectivity index is 1.31. The summed E-state index contributed by atoms with van der Waals surface area (Å²) in [6.45, 7) is 10.4. The zero-order chi connectivity index (χ0) is 27.9. The second kappa shape index (κ2) is 10.1. The highest BCUT2D eigenvalue weighted by Gasteiger charge is 2.36. The molecular formula is C33H37NO5. The summed E-state index contributed by atoms with van der Waals surface area (Å²) in [5.74, 6) is 0.753. The third kappa shape index (κ3) is 5.95. The molecule has 0 fully saturated rings. The first kappa shape index (κ1) is 26.8. The molecule has 0 bridgehead atoms. The zero-order valence-electron chi connectivity index (χ0n) is 23.4. The van der Waals surface area contributed by atoms with Gasteiger partial charge in [0.1, 0.15) is 29.2 Å². The Bertz CT molecular complexity index is 1410. The first-order valence-electron chi connectivity index (χ1n) is 13.6. The smallest absolute Gasteiger partial charge is 0.323 e. The predicted molar refractivity (Wildman–Crippen MR) is 151 cm³/mol. The minimum atomic E-state index is -1.05. The number of ether oxygens (including phenoxy) is 2. The highest BCUT2D eigenvalue weighted by Crippen LogP contribution is 2.38. The van der Waals surface area contributed by atoms with Crippen molar-refractivity contribution < 1.29 is 24.2 Å². The van der Waals surface area contributed by atoms with E-state index in [1.54, 1.807) is 6.07 Å². The fourth-order valence-corrected chi connectivity index (χ4v) is 5.73. The minimum absolute atomic E-state index is 0.205. The van der Waals surface area contributed by atoms with Crippen molar-refractivity contribution in [2.24, 2.45) is 0 Å². The molecule has 0 aromatic heterocycles. The first-order chi connectivity index (χ1) is 18.4. The predicted octanol–water partition coefficient (Wildman–Crippen LogP) is 6.19. The van der Waals surface area contributed by atoms with Crippen LogP contribution in [-0.4, -0.2) is 39.6 Å². The maximum absolute atomic E-state index is 13.6. The molecule has 0 saturated heterocycles. The Morgan fingerprint density at radius 1 is 0.872 bits per heavy atom. The molecule has 1 N–H and O–H groups in total. The molecule has 0 spiro atoms. The molecule has 204 valence electrons. The van der Waals surface area contributed by atoms with Crippen LogP contribution in [0.25, 0.3) is 0 Å². The summed E-state index contributed by atoms with van der Waals surface area (Å²) in [5, 5.41) is 9.56. The van der Waals surface area contributed by atoms with Crippen LogP contribution in [0.5, 0.6) is 11.5 Å². The summed E-state index contributed by atoms with van der Waals surface area (Å²) < 4.78 is 12.3. The molecule has 0 unspecified atom stereocenters. The maximum Gasteiger partial charge on any atom is 0.323 e. The molecule has 6 heteroatoms. The van der Waals surface area contributed by atoms with E-state index in [1.165, 1.54) is 16.0 Å². The van der Waals surface area contributed by atoms with Crippen LogP contribution in [0.3, 0.4) is 0 Å². The topological polar surface area (TPSA) is 76.1 Å². The average Bonchev–Trinajstić information content (AvgIpc) is 3.35. The summed E-state index contributed by atoms with van der Waals surface area (Å²) in [7, 11) is 0. The molecule has 2 heterocycles. The van der Waals surface area contributed by atoms with Crippen molar-refractivity contribution in [3.8, 4) is 11.5 Å². The van der Waals surface area contributed by atoms with Crippen LogP contribution in [0, 0.1) is 0 Å². The summed E-state index contributed by atoms with van der Waals surface area (Å²) in [6.07, 6.45) is 2.21. The molecule has 0 radical (unpaired) electrons. The quantitative estimate of drug-likeness (QED) is 0.378. The van der Waals surface area contributed by atoms with Gasteiger partial charge in [-0.25, -0.2) is 0 Å². The van der Waals surface area contributed by atoms with Crippen molar-refractivity contribution >= 4 is 11.9 Å². The lowest BCUT2D eigenvalue weighted by Crippen LogP contribution is -2.35. The Kier molecular flexibility index (Phi) is 6.91. The van der Waals surface area contributed by atoms with E-state index in [2.05, 4.69) is 45.0 Å². The van der Waals surface area contributed by atoms with E-state index in [0.29, 0.717) is 17.9 Å². The largest absolute Gasteiger partial charge is 0.487 e. The molecule has 39 heavy (non-hydrogen) atoms. The first-order valence-corrected chi connectivity index (χ1v) is 13.6. The Labute approximate surface area is 230 Å². The van der Waals surface area contributed by atoms with Crippen LogP contribution >= 0.6 is 0 Å². The van der Waals surface area contributed by atoms with Gasteiger partial charge in [0.05, 0.1) is 0 Å². The number of hydrogen-bond acceptors (Lipinski definition) is 4. The van der Waals surface area contributed by atoms with Crippen LogP contribution in [0.1, 0.15) is 78.7 Å². The van der Waals surface area contributed by atoms with E-state index in [0.717, 1.165) is 41.0 Å². The number of rotatable bonds is 8. The van der Waals surface area contributed by atoms with Crippen molar-refractivity contribution in [2.75, 3.05) is 6.54 Å². The van der Waals surface area contributed by atoms with Gasteiger partial charge in [-0.15, -0.1) is 0 Å². The summed E-state index contributed by atoms with van der Waals surface area (Å²) in [4.78, 5) is 26.6. The van der Waals surface area contributed by atoms with Gasteiger partial charge in [0.15, 0.2) is 0 Å². The van der Waals surface area contributed by atoms with Crippen molar-refractivity contribution in [2.45, 2.75) is 77.5 Å². The molecule has 0 aliphatic carbocycles. The number of benzene rings is 3. The van der Waals surface area contributed by atoms with Gasteiger partial charge in [0.2, 0.25) is 0 Å². The molecule has 0 saturated carbocycles. The van der Waals surface area contributed by atoms with Crippen LogP contribution < -0.4 is 9.47 Å². The number of carboxylic acid groups (broad SMARTS) is 1. The molecule has 1 atom stereocenters. The number of hydrogen-bond donors (Lipinski definition) is 1. The molecule has 5 rings (SSSR count). The van der Waals surface area contributed by atoms with E-state index >= 15 is 0 Å². The number of carboxylic acids is 1. The minimum Gasteiger partial charge on any atom is -0.487 e. The number of amides is 1. The lowest BCUT2D eigenvalue weighted by atomic mass is 9.90. The molecule has 1 amide bonds. The summed E-state index contributed by atoms with van der Waals surface area (Å²) >= 11 is 0. The SMILES string of the molecule is CC(C)c1ccc(C[C@]2(C)Cc3cc(C(=O)N(CC(=O)O)Cc4ccc5c(c4)CC(C)(C)O5)ccc3O2)cc1.